The maximum Gasteiger partial charge on any atom is 0.0832 e. The maximum atomic E-state index is 5.81. The van der Waals surface area contributed by atoms with E-state index in [1.165, 1.54) is 19.3 Å². The van der Waals surface area contributed by atoms with E-state index in [-0.39, 0.29) is 0 Å². The average molecular weight is 166 g/mol. The van der Waals surface area contributed by atoms with Gasteiger partial charge in [-0.1, -0.05) is 18.2 Å². The minimum absolute atomic E-state index is 0.637. The van der Waals surface area contributed by atoms with Crippen molar-refractivity contribution in [3.05, 3.63) is 23.8 Å². The van der Waals surface area contributed by atoms with Gasteiger partial charge in [-0.05, 0) is 38.2 Å². The third-order valence-corrected chi connectivity index (χ3v) is 2.19. The Morgan fingerprint density at radius 1 is 1.33 bits per heavy atom. The third-order valence-electron chi connectivity index (χ3n) is 2.19. The normalized spacial score (nSPS) is 26.8. The van der Waals surface area contributed by atoms with Crippen molar-refractivity contribution in [2.45, 2.75) is 38.3 Å². The van der Waals surface area contributed by atoms with Gasteiger partial charge in [0, 0.05) is 0 Å². The number of nitrogens with two attached hydrogens (primary N) is 2. The number of hydrogen-bond donors (Lipinski definition) is 2. The first-order valence-electron chi connectivity index (χ1n) is 4.54. The van der Waals surface area contributed by atoms with Gasteiger partial charge < -0.3 is 11.5 Å². The fourth-order valence-corrected chi connectivity index (χ4v) is 1.39. The van der Waals surface area contributed by atoms with Gasteiger partial charge in [-0.2, -0.15) is 0 Å². The summed E-state index contributed by atoms with van der Waals surface area (Å²) in [5.74, 6) is 0. The van der Waals surface area contributed by atoms with Crippen molar-refractivity contribution in [2.24, 2.45) is 11.5 Å². The van der Waals surface area contributed by atoms with Gasteiger partial charge in [0.2, 0.25) is 0 Å². The quantitative estimate of drug-likeness (QED) is 0.582. The number of hydrogen-bond acceptors (Lipinski definition) is 2. The molecule has 0 fully saturated rings. The highest BCUT2D eigenvalue weighted by Crippen LogP contribution is 2.18. The van der Waals surface area contributed by atoms with E-state index in [1.807, 2.05) is 6.92 Å². The summed E-state index contributed by atoms with van der Waals surface area (Å²) in [5, 5.41) is 0. The summed E-state index contributed by atoms with van der Waals surface area (Å²) in [5.41, 5.74) is 12.1. The summed E-state index contributed by atoms with van der Waals surface area (Å²) in [4.78, 5) is 0. The molecule has 0 aliphatic heterocycles. The smallest absolute Gasteiger partial charge is 0.0832 e. The maximum absolute atomic E-state index is 5.81. The molecule has 1 aliphatic rings. The average Bonchev–Trinajstić information content (AvgIpc) is 1.81. The third kappa shape index (κ3) is 2.80. The molecule has 0 heterocycles. The second kappa shape index (κ2) is 3.87. The lowest BCUT2D eigenvalue weighted by Crippen LogP contribution is -2.47. The van der Waals surface area contributed by atoms with E-state index in [2.05, 4.69) is 18.2 Å². The van der Waals surface area contributed by atoms with Crippen molar-refractivity contribution >= 4 is 0 Å². The van der Waals surface area contributed by atoms with Crippen molar-refractivity contribution in [3.63, 3.8) is 0 Å². The van der Waals surface area contributed by atoms with E-state index < -0.39 is 5.66 Å². The lowest BCUT2D eigenvalue weighted by molar-refractivity contribution is 0.538. The van der Waals surface area contributed by atoms with Crippen LogP contribution in [0.4, 0.5) is 0 Å². The molecule has 0 atom stereocenters. The molecule has 1 rings (SSSR count). The van der Waals surface area contributed by atoms with E-state index in [1.54, 1.807) is 0 Å². The van der Waals surface area contributed by atoms with Crippen LogP contribution in [-0.2, 0) is 0 Å². The summed E-state index contributed by atoms with van der Waals surface area (Å²) in [6, 6.07) is 0. The van der Waals surface area contributed by atoms with Crippen LogP contribution in [0.25, 0.3) is 0 Å². The Kier molecular flexibility index (Phi) is 3.06. The van der Waals surface area contributed by atoms with Gasteiger partial charge in [0.15, 0.2) is 0 Å². The topological polar surface area (TPSA) is 52.0 Å². The monoisotopic (exact) mass is 166 g/mol. The molecule has 12 heavy (non-hydrogen) atoms. The highest BCUT2D eigenvalue weighted by atomic mass is 14.9. The van der Waals surface area contributed by atoms with Gasteiger partial charge in [0.1, 0.15) is 0 Å². The molecule has 0 bridgehead atoms. The predicted molar refractivity (Wildman–Crippen MR) is 52.5 cm³/mol. The standard InChI is InChI=1S/C10H18N2/c1-10(11,12)9-7-5-3-2-4-6-8-9/h3,5,7H,2,4,6,8,11-12H2,1H3/b5-3-,9-7+. The number of allylic oxidation sites excluding steroid dienone is 3. The molecule has 0 saturated carbocycles. The Morgan fingerprint density at radius 2 is 2.08 bits per heavy atom. The van der Waals surface area contributed by atoms with Crippen LogP contribution in [0.15, 0.2) is 23.8 Å². The molecular weight excluding hydrogens is 148 g/mol. The van der Waals surface area contributed by atoms with Gasteiger partial charge in [0.05, 0.1) is 5.66 Å². The molecule has 0 spiro atoms. The van der Waals surface area contributed by atoms with Crippen LogP contribution in [0.3, 0.4) is 0 Å². The minimum atomic E-state index is -0.637. The fraction of sp³-hybridized carbons (Fsp3) is 0.600. The Labute approximate surface area is 74.3 Å². The van der Waals surface area contributed by atoms with Crippen LogP contribution in [0.1, 0.15) is 32.6 Å². The fourth-order valence-electron chi connectivity index (χ4n) is 1.39. The van der Waals surface area contributed by atoms with E-state index in [0.717, 1.165) is 12.0 Å². The highest BCUT2D eigenvalue weighted by Gasteiger charge is 2.16. The SMILES string of the molecule is CC(N)(N)/C1=C/C=C\CCCC1. The first kappa shape index (κ1) is 9.49. The first-order chi connectivity index (χ1) is 5.61. The minimum Gasteiger partial charge on any atom is -0.310 e. The Balaban J connectivity index is 2.72. The van der Waals surface area contributed by atoms with Crippen LogP contribution < -0.4 is 11.5 Å². The second-order valence-corrected chi connectivity index (χ2v) is 3.65. The molecular formula is C10H18N2. The van der Waals surface area contributed by atoms with Crippen molar-refractivity contribution in [1.29, 1.82) is 0 Å². The Morgan fingerprint density at radius 3 is 2.75 bits per heavy atom. The van der Waals surface area contributed by atoms with E-state index in [9.17, 15) is 0 Å². The molecule has 1 aliphatic carbocycles. The zero-order valence-electron chi connectivity index (χ0n) is 7.72. The summed E-state index contributed by atoms with van der Waals surface area (Å²) < 4.78 is 0. The molecule has 0 unspecified atom stereocenters. The molecule has 2 nitrogen and oxygen atoms in total. The van der Waals surface area contributed by atoms with E-state index >= 15 is 0 Å². The van der Waals surface area contributed by atoms with Gasteiger partial charge in [-0.25, -0.2) is 0 Å². The summed E-state index contributed by atoms with van der Waals surface area (Å²) in [6.45, 7) is 1.86. The van der Waals surface area contributed by atoms with Crippen LogP contribution >= 0.6 is 0 Å². The van der Waals surface area contributed by atoms with Gasteiger partial charge >= 0.3 is 0 Å². The molecule has 68 valence electrons. The highest BCUT2D eigenvalue weighted by molar-refractivity contribution is 5.22. The first-order valence-corrected chi connectivity index (χ1v) is 4.54. The summed E-state index contributed by atoms with van der Waals surface area (Å²) in [6.07, 6.45) is 10.9. The molecule has 0 radical (unpaired) electrons. The van der Waals surface area contributed by atoms with Crippen molar-refractivity contribution in [2.75, 3.05) is 0 Å². The zero-order chi connectivity index (χ0) is 9.03. The summed E-state index contributed by atoms with van der Waals surface area (Å²) >= 11 is 0. The van der Waals surface area contributed by atoms with Crippen LogP contribution in [-0.4, -0.2) is 5.66 Å². The molecule has 0 saturated heterocycles. The van der Waals surface area contributed by atoms with Crippen molar-refractivity contribution < 1.29 is 0 Å². The molecule has 0 aromatic rings. The van der Waals surface area contributed by atoms with Gasteiger partial charge in [-0.15, -0.1) is 0 Å². The van der Waals surface area contributed by atoms with Crippen molar-refractivity contribution in [1.82, 2.24) is 0 Å². The van der Waals surface area contributed by atoms with Crippen LogP contribution in [0.5, 0.6) is 0 Å². The lowest BCUT2D eigenvalue weighted by atomic mass is 9.95. The molecule has 0 amide bonds. The Hall–Kier alpha value is -0.600. The van der Waals surface area contributed by atoms with Gasteiger partial charge in [0.25, 0.3) is 0 Å². The zero-order valence-corrected chi connectivity index (χ0v) is 7.72. The Bertz CT molecular complexity index is 196. The van der Waals surface area contributed by atoms with Crippen molar-refractivity contribution in [3.8, 4) is 0 Å². The predicted octanol–water partition coefficient (Wildman–Crippen LogP) is 1.68. The van der Waals surface area contributed by atoms with Crippen LogP contribution in [0, 0.1) is 0 Å². The van der Waals surface area contributed by atoms with E-state index in [0.29, 0.717) is 0 Å². The number of rotatable bonds is 1. The molecule has 2 heteroatoms. The molecule has 0 aromatic heterocycles. The molecule has 0 aromatic carbocycles. The second-order valence-electron chi connectivity index (χ2n) is 3.65. The van der Waals surface area contributed by atoms with Crippen LogP contribution in [0.2, 0.25) is 0 Å². The largest absolute Gasteiger partial charge is 0.310 e. The van der Waals surface area contributed by atoms with E-state index in [4.69, 9.17) is 11.5 Å². The van der Waals surface area contributed by atoms with Gasteiger partial charge in [-0.3, -0.25) is 0 Å². The molecule has 4 N–H and O–H groups in total. The lowest BCUT2D eigenvalue weighted by Gasteiger charge is -2.23. The summed E-state index contributed by atoms with van der Waals surface area (Å²) in [7, 11) is 0.